The molecule has 5 heteroatoms. The largest absolute Gasteiger partial charge is 0.496 e. The van der Waals surface area contributed by atoms with Crippen LogP contribution in [0.2, 0.25) is 0 Å². The number of benzene rings is 2. The molecule has 2 aromatic carbocycles. The van der Waals surface area contributed by atoms with Gasteiger partial charge in [-0.2, -0.15) is 5.10 Å². The highest BCUT2D eigenvalue weighted by Crippen LogP contribution is 2.44. The second-order valence-electron chi connectivity index (χ2n) is 8.16. The quantitative estimate of drug-likeness (QED) is 0.733. The molecule has 1 aromatic heterocycles. The first-order valence-corrected chi connectivity index (χ1v) is 10.3. The van der Waals surface area contributed by atoms with Crippen LogP contribution >= 0.6 is 0 Å². The predicted octanol–water partition coefficient (Wildman–Crippen LogP) is 4.21. The molecule has 1 aliphatic heterocycles. The molecule has 2 heterocycles. The van der Waals surface area contributed by atoms with Crippen LogP contribution in [0.25, 0.3) is 11.1 Å². The fourth-order valence-corrected chi connectivity index (χ4v) is 5.03. The smallest absolute Gasteiger partial charge is 0.253 e. The number of fused-ring (bicyclic) bond motifs is 2. The van der Waals surface area contributed by atoms with E-state index in [2.05, 4.69) is 10.2 Å². The van der Waals surface area contributed by atoms with Gasteiger partial charge < -0.3 is 9.64 Å². The second kappa shape index (κ2) is 7.07. The molecule has 5 rings (SSSR count). The Bertz CT molecular complexity index is 1040. The molecule has 1 atom stereocenters. The first-order chi connectivity index (χ1) is 14.2. The van der Waals surface area contributed by atoms with E-state index in [0.29, 0.717) is 0 Å². The van der Waals surface area contributed by atoms with Crippen LogP contribution in [0.5, 0.6) is 5.75 Å². The lowest BCUT2D eigenvalue weighted by Crippen LogP contribution is -2.47. The third-order valence-electron chi connectivity index (χ3n) is 6.54. The molecule has 3 aromatic rings. The van der Waals surface area contributed by atoms with Gasteiger partial charge in [0.1, 0.15) is 5.75 Å². The molecule has 5 nitrogen and oxygen atoms in total. The summed E-state index contributed by atoms with van der Waals surface area (Å²) < 4.78 is 5.46. The van der Waals surface area contributed by atoms with Gasteiger partial charge in [-0.3, -0.25) is 9.89 Å². The number of aryl methyl sites for hydroxylation is 1. The Morgan fingerprint density at radius 3 is 2.79 bits per heavy atom. The molecule has 0 radical (unpaired) electrons. The standard InChI is InChI=1S/C24H25N3O2/c1-29-21-6-3-2-5-20(21)17-7-9-18(10-8-17)23(28)27-14-4-12-24(16-27)13-11-19-15-25-26-22(19)24/h2-3,5-10,15H,4,11-14,16H2,1H3,(H,25,26). The van der Waals surface area contributed by atoms with E-state index in [-0.39, 0.29) is 11.3 Å². The second-order valence-corrected chi connectivity index (χ2v) is 8.16. The summed E-state index contributed by atoms with van der Waals surface area (Å²) in [6.07, 6.45) is 6.26. The number of methoxy groups -OCH3 is 1. The molecule has 0 bridgehead atoms. The predicted molar refractivity (Wildman–Crippen MR) is 112 cm³/mol. The fourth-order valence-electron chi connectivity index (χ4n) is 5.03. The molecule has 1 fully saturated rings. The van der Waals surface area contributed by atoms with Crippen LogP contribution in [0, 0.1) is 0 Å². The van der Waals surface area contributed by atoms with Crippen molar-refractivity contribution in [1.29, 1.82) is 0 Å². The highest BCUT2D eigenvalue weighted by molar-refractivity contribution is 5.95. The van der Waals surface area contributed by atoms with Crippen molar-refractivity contribution in [3.8, 4) is 16.9 Å². The third kappa shape index (κ3) is 3.01. The number of aromatic nitrogens is 2. The highest BCUT2D eigenvalue weighted by atomic mass is 16.5. The first kappa shape index (κ1) is 18.0. The maximum absolute atomic E-state index is 13.2. The van der Waals surface area contributed by atoms with E-state index in [9.17, 15) is 4.79 Å². The SMILES string of the molecule is COc1ccccc1-c1ccc(C(=O)N2CCCC3(CCc4cn[nH]c43)C2)cc1. The summed E-state index contributed by atoms with van der Waals surface area (Å²) in [5.41, 5.74) is 5.44. The molecule has 1 amide bonds. The molecular weight excluding hydrogens is 362 g/mol. The van der Waals surface area contributed by atoms with Crippen LogP contribution in [0.1, 0.15) is 40.9 Å². The first-order valence-electron chi connectivity index (χ1n) is 10.3. The summed E-state index contributed by atoms with van der Waals surface area (Å²) in [4.78, 5) is 15.3. The maximum atomic E-state index is 13.2. The summed E-state index contributed by atoms with van der Waals surface area (Å²) >= 11 is 0. The minimum Gasteiger partial charge on any atom is -0.496 e. The molecule has 148 valence electrons. The Kier molecular flexibility index (Phi) is 4.38. The molecule has 1 spiro atoms. The Balaban J connectivity index is 1.37. The lowest BCUT2D eigenvalue weighted by atomic mass is 9.77. The van der Waals surface area contributed by atoms with Gasteiger partial charge in [0.15, 0.2) is 0 Å². The van der Waals surface area contributed by atoms with Crippen molar-refractivity contribution in [2.45, 2.75) is 31.1 Å². The summed E-state index contributed by atoms with van der Waals surface area (Å²) in [6.45, 7) is 1.59. The normalized spacial score (nSPS) is 20.7. The zero-order valence-corrected chi connectivity index (χ0v) is 16.6. The van der Waals surface area contributed by atoms with Crippen molar-refractivity contribution in [1.82, 2.24) is 15.1 Å². The van der Waals surface area contributed by atoms with E-state index >= 15 is 0 Å². The lowest BCUT2D eigenvalue weighted by Gasteiger charge is -2.40. The van der Waals surface area contributed by atoms with E-state index in [1.54, 1.807) is 7.11 Å². The van der Waals surface area contributed by atoms with Crippen molar-refractivity contribution in [3.63, 3.8) is 0 Å². The number of rotatable bonds is 3. The summed E-state index contributed by atoms with van der Waals surface area (Å²) in [5.74, 6) is 0.949. The van der Waals surface area contributed by atoms with E-state index in [1.807, 2.05) is 59.6 Å². The van der Waals surface area contributed by atoms with Gasteiger partial charge in [-0.05, 0) is 55.0 Å². The van der Waals surface area contributed by atoms with Crippen LogP contribution in [-0.4, -0.2) is 41.2 Å². The average molecular weight is 387 g/mol. The summed E-state index contributed by atoms with van der Waals surface area (Å²) in [6, 6.07) is 15.8. The topological polar surface area (TPSA) is 58.2 Å². The van der Waals surface area contributed by atoms with Crippen molar-refractivity contribution >= 4 is 5.91 Å². The number of likely N-dealkylation sites (tertiary alicyclic amines) is 1. The minimum absolute atomic E-state index is 0.0527. The number of hydrogen-bond donors (Lipinski definition) is 1. The van der Waals surface area contributed by atoms with Crippen molar-refractivity contribution < 1.29 is 9.53 Å². The van der Waals surface area contributed by atoms with Crippen LogP contribution in [0.4, 0.5) is 0 Å². The number of ether oxygens (including phenoxy) is 1. The zero-order valence-electron chi connectivity index (χ0n) is 16.6. The lowest BCUT2D eigenvalue weighted by molar-refractivity contribution is 0.0633. The number of piperidine rings is 1. The van der Waals surface area contributed by atoms with Gasteiger partial charge in [0.05, 0.1) is 13.3 Å². The third-order valence-corrected chi connectivity index (χ3v) is 6.54. The highest BCUT2D eigenvalue weighted by Gasteiger charge is 2.44. The molecule has 2 aliphatic rings. The number of hydrogen-bond acceptors (Lipinski definition) is 3. The van der Waals surface area contributed by atoms with Gasteiger partial charge in [0.2, 0.25) is 0 Å². The molecule has 0 saturated carbocycles. The van der Waals surface area contributed by atoms with Gasteiger partial charge in [-0.25, -0.2) is 0 Å². The zero-order chi connectivity index (χ0) is 19.8. The fraction of sp³-hybridized carbons (Fsp3) is 0.333. The Hall–Kier alpha value is -3.08. The summed E-state index contributed by atoms with van der Waals surface area (Å²) in [7, 11) is 1.68. The van der Waals surface area contributed by atoms with Crippen molar-refractivity contribution in [2.24, 2.45) is 0 Å². The number of carbonyl (C=O) groups excluding carboxylic acids is 1. The molecule has 29 heavy (non-hydrogen) atoms. The molecule has 1 N–H and O–H groups in total. The average Bonchev–Trinajstić information content (AvgIpc) is 3.38. The van der Waals surface area contributed by atoms with E-state index in [1.165, 1.54) is 11.3 Å². The molecule has 1 saturated heterocycles. The molecule has 1 unspecified atom stereocenters. The number of nitrogens with zero attached hydrogens (tertiary/aromatic N) is 2. The maximum Gasteiger partial charge on any atom is 0.253 e. The van der Waals surface area contributed by atoms with Gasteiger partial charge in [-0.15, -0.1) is 0 Å². The van der Waals surface area contributed by atoms with Gasteiger partial charge >= 0.3 is 0 Å². The van der Waals surface area contributed by atoms with Crippen LogP contribution in [0.3, 0.4) is 0 Å². The van der Waals surface area contributed by atoms with Crippen LogP contribution < -0.4 is 4.74 Å². The van der Waals surface area contributed by atoms with Crippen molar-refractivity contribution in [2.75, 3.05) is 20.2 Å². The van der Waals surface area contributed by atoms with Crippen molar-refractivity contribution in [3.05, 3.63) is 71.5 Å². The Morgan fingerprint density at radius 1 is 1.14 bits per heavy atom. The monoisotopic (exact) mass is 387 g/mol. The van der Waals surface area contributed by atoms with Crippen LogP contribution in [-0.2, 0) is 11.8 Å². The number of aromatic amines is 1. The van der Waals surface area contributed by atoms with Gasteiger partial charge in [0.25, 0.3) is 5.91 Å². The summed E-state index contributed by atoms with van der Waals surface area (Å²) in [5, 5.41) is 7.45. The minimum atomic E-state index is 0.0527. The Morgan fingerprint density at radius 2 is 1.97 bits per heavy atom. The number of para-hydroxylation sites is 1. The number of nitrogens with one attached hydrogen (secondary N) is 1. The number of amides is 1. The van der Waals surface area contributed by atoms with E-state index < -0.39 is 0 Å². The number of carbonyl (C=O) groups is 1. The Labute approximate surface area is 170 Å². The van der Waals surface area contributed by atoms with E-state index in [0.717, 1.165) is 61.2 Å². The molecular formula is C24H25N3O2. The van der Waals surface area contributed by atoms with Gasteiger partial charge in [0, 0.05) is 35.3 Å². The van der Waals surface area contributed by atoms with Gasteiger partial charge in [-0.1, -0.05) is 30.3 Å². The number of H-pyrrole nitrogens is 1. The molecule has 1 aliphatic carbocycles. The van der Waals surface area contributed by atoms with Crippen LogP contribution in [0.15, 0.2) is 54.7 Å². The van der Waals surface area contributed by atoms with E-state index in [4.69, 9.17) is 4.74 Å².